The van der Waals surface area contributed by atoms with Crippen molar-refractivity contribution >= 4 is 15.9 Å². The molecule has 0 aliphatic heterocycles. The maximum atomic E-state index is 5.95. The molecule has 0 saturated heterocycles. The van der Waals surface area contributed by atoms with E-state index in [2.05, 4.69) is 51.4 Å². The van der Waals surface area contributed by atoms with Crippen LogP contribution in [0.2, 0.25) is 0 Å². The molecule has 114 valence electrons. The Kier molecular flexibility index (Phi) is 5.76. The summed E-state index contributed by atoms with van der Waals surface area (Å²) in [7, 11) is 1.91. The second kappa shape index (κ2) is 7.56. The van der Waals surface area contributed by atoms with Gasteiger partial charge in [-0.2, -0.15) is 0 Å². The zero-order valence-electron chi connectivity index (χ0n) is 12.6. The quantitative estimate of drug-likeness (QED) is 0.831. The standard InChI is InChI=1S/C15H21BrN4O/c1-4-7-17-11(2)13-6-5-12(16)8-14(13)21-9-15-19-18-10-20(15)3/h5-6,8,10-11,17H,4,7,9H2,1-3H3. The van der Waals surface area contributed by atoms with Gasteiger partial charge in [0.05, 0.1) is 0 Å². The van der Waals surface area contributed by atoms with Crippen molar-refractivity contribution in [2.75, 3.05) is 6.54 Å². The van der Waals surface area contributed by atoms with Crippen LogP contribution in [0.4, 0.5) is 0 Å². The molecule has 0 fully saturated rings. The minimum absolute atomic E-state index is 0.243. The lowest BCUT2D eigenvalue weighted by molar-refractivity contribution is 0.285. The summed E-state index contributed by atoms with van der Waals surface area (Å²) in [5.74, 6) is 1.67. The molecule has 1 unspecified atom stereocenters. The van der Waals surface area contributed by atoms with Gasteiger partial charge in [-0.05, 0) is 32.0 Å². The molecule has 0 radical (unpaired) electrons. The summed E-state index contributed by atoms with van der Waals surface area (Å²) in [6, 6.07) is 6.36. The molecule has 0 aliphatic carbocycles. The van der Waals surface area contributed by atoms with Crippen LogP contribution in [0.15, 0.2) is 29.0 Å². The summed E-state index contributed by atoms with van der Waals surface area (Å²) in [5, 5.41) is 11.4. The second-order valence-electron chi connectivity index (χ2n) is 5.00. The predicted octanol–water partition coefficient (Wildman–Crippen LogP) is 3.22. The van der Waals surface area contributed by atoms with Crippen molar-refractivity contribution in [1.29, 1.82) is 0 Å². The Morgan fingerprint density at radius 1 is 1.43 bits per heavy atom. The Morgan fingerprint density at radius 3 is 2.90 bits per heavy atom. The van der Waals surface area contributed by atoms with Crippen LogP contribution >= 0.6 is 15.9 Å². The molecular formula is C15H21BrN4O. The monoisotopic (exact) mass is 352 g/mol. The molecule has 0 bridgehead atoms. The molecular weight excluding hydrogens is 332 g/mol. The fraction of sp³-hybridized carbons (Fsp3) is 0.467. The predicted molar refractivity (Wildman–Crippen MR) is 86.2 cm³/mol. The minimum Gasteiger partial charge on any atom is -0.485 e. The number of nitrogens with one attached hydrogen (secondary N) is 1. The number of hydrogen-bond acceptors (Lipinski definition) is 4. The van der Waals surface area contributed by atoms with Gasteiger partial charge in [0.2, 0.25) is 0 Å². The van der Waals surface area contributed by atoms with Gasteiger partial charge in [-0.3, -0.25) is 0 Å². The van der Waals surface area contributed by atoms with Gasteiger partial charge in [0.1, 0.15) is 18.7 Å². The summed E-state index contributed by atoms with van der Waals surface area (Å²) >= 11 is 3.50. The Balaban J connectivity index is 2.13. The van der Waals surface area contributed by atoms with Gasteiger partial charge in [0.15, 0.2) is 5.82 Å². The van der Waals surface area contributed by atoms with Crippen molar-refractivity contribution in [2.45, 2.75) is 32.9 Å². The zero-order chi connectivity index (χ0) is 15.2. The zero-order valence-corrected chi connectivity index (χ0v) is 14.2. The van der Waals surface area contributed by atoms with Gasteiger partial charge >= 0.3 is 0 Å². The van der Waals surface area contributed by atoms with E-state index in [1.807, 2.05) is 23.7 Å². The molecule has 21 heavy (non-hydrogen) atoms. The van der Waals surface area contributed by atoms with E-state index in [1.54, 1.807) is 6.33 Å². The third-order valence-electron chi connectivity index (χ3n) is 3.30. The first kappa shape index (κ1) is 16.0. The highest BCUT2D eigenvalue weighted by molar-refractivity contribution is 9.10. The van der Waals surface area contributed by atoms with Gasteiger partial charge in [0.25, 0.3) is 0 Å². The number of rotatable bonds is 7. The molecule has 1 N–H and O–H groups in total. The largest absolute Gasteiger partial charge is 0.485 e. The van der Waals surface area contributed by atoms with E-state index in [4.69, 9.17) is 4.74 Å². The molecule has 1 heterocycles. The van der Waals surface area contributed by atoms with Crippen molar-refractivity contribution < 1.29 is 4.74 Å². The van der Waals surface area contributed by atoms with Crippen molar-refractivity contribution in [3.63, 3.8) is 0 Å². The number of benzene rings is 1. The van der Waals surface area contributed by atoms with Crippen molar-refractivity contribution in [2.24, 2.45) is 7.05 Å². The van der Waals surface area contributed by atoms with Crippen LogP contribution in [0.3, 0.4) is 0 Å². The van der Waals surface area contributed by atoms with Crippen LogP contribution in [0.5, 0.6) is 5.75 Å². The van der Waals surface area contributed by atoms with Gasteiger partial charge in [-0.1, -0.05) is 28.9 Å². The summed E-state index contributed by atoms with van der Waals surface area (Å²) in [5.41, 5.74) is 1.15. The third-order valence-corrected chi connectivity index (χ3v) is 3.80. The van der Waals surface area contributed by atoms with E-state index in [-0.39, 0.29) is 6.04 Å². The summed E-state index contributed by atoms with van der Waals surface area (Å²) < 4.78 is 8.81. The van der Waals surface area contributed by atoms with E-state index in [9.17, 15) is 0 Å². The lowest BCUT2D eigenvalue weighted by atomic mass is 10.1. The normalized spacial score (nSPS) is 12.4. The lowest BCUT2D eigenvalue weighted by Gasteiger charge is -2.18. The fourth-order valence-corrected chi connectivity index (χ4v) is 2.38. The first-order chi connectivity index (χ1) is 10.1. The van der Waals surface area contributed by atoms with Crippen LogP contribution in [0.1, 0.15) is 37.7 Å². The molecule has 0 amide bonds. The summed E-state index contributed by atoms with van der Waals surface area (Å²) in [4.78, 5) is 0. The van der Waals surface area contributed by atoms with Crippen LogP contribution in [-0.4, -0.2) is 21.3 Å². The van der Waals surface area contributed by atoms with Crippen molar-refractivity contribution in [1.82, 2.24) is 20.1 Å². The minimum atomic E-state index is 0.243. The van der Waals surface area contributed by atoms with E-state index in [0.717, 1.165) is 34.6 Å². The molecule has 1 aromatic heterocycles. The van der Waals surface area contributed by atoms with Gasteiger partial charge < -0.3 is 14.6 Å². The highest BCUT2D eigenvalue weighted by Gasteiger charge is 2.12. The molecule has 1 atom stereocenters. The maximum Gasteiger partial charge on any atom is 0.170 e. The molecule has 5 nitrogen and oxygen atoms in total. The average Bonchev–Trinajstić information content (AvgIpc) is 2.88. The molecule has 0 aliphatic rings. The topological polar surface area (TPSA) is 52.0 Å². The van der Waals surface area contributed by atoms with Crippen LogP contribution < -0.4 is 10.1 Å². The number of hydrogen-bond donors (Lipinski definition) is 1. The Labute approximate surface area is 133 Å². The highest BCUT2D eigenvalue weighted by Crippen LogP contribution is 2.29. The molecule has 0 spiro atoms. The van der Waals surface area contributed by atoms with Gasteiger partial charge in [0, 0.05) is 23.1 Å². The number of aryl methyl sites for hydroxylation is 1. The van der Waals surface area contributed by atoms with Crippen molar-refractivity contribution in [3.05, 3.63) is 40.4 Å². The molecule has 0 saturated carbocycles. The summed E-state index contributed by atoms with van der Waals surface area (Å²) in [6.07, 6.45) is 2.78. The molecule has 6 heteroatoms. The second-order valence-corrected chi connectivity index (χ2v) is 5.92. The third kappa shape index (κ3) is 4.28. The Hall–Kier alpha value is -1.40. The molecule has 1 aromatic carbocycles. The number of aromatic nitrogens is 3. The fourth-order valence-electron chi connectivity index (χ4n) is 2.04. The summed E-state index contributed by atoms with van der Waals surface area (Å²) in [6.45, 7) is 5.70. The van der Waals surface area contributed by atoms with Crippen molar-refractivity contribution in [3.8, 4) is 5.75 Å². The number of nitrogens with zero attached hydrogens (tertiary/aromatic N) is 3. The van der Waals surface area contributed by atoms with Crippen LogP contribution in [-0.2, 0) is 13.7 Å². The number of ether oxygens (including phenoxy) is 1. The molecule has 2 aromatic rings. The smallest absolute Gasteiger partial charge is 0.170 e. The molecule has 2 rings (SSSR count). The van der Waals surface area contributed by atoms with Crippen LogP contribution in [0, 0.1) is 0 Å². The Bertz CT molecular complexity index is 585. The van der Waals surface area contributed by atoms with E-state index >= 15 is 0 Å². The van der Waals surface area contributed by atoms with Crippen LogP contribution in [0.25, 0.3) is 0 Å². The highest BCUT2D eigenvalue weighted by atomic mass is 79.9. The SMILES string of the molecule is CCCNC(C)c1ccc(Br)cc1OCc1nncn1C. The van der Waals surface area contributed by atoms with E-state index < -0.39 is 0 Å². The van der Waals surface area contributed by atoms with Gasteiger partial charge in [-0.25, -0.2) is 0 Å². The first-order valence-corrected chi connectivity index (χ1v) is 7.89. The van der Waals surface area contributed by atoms with E-state index in [0.29, 0.717) is 6.61 Å². The maximum absolute atomic E-state index is 5.95. The average molecular weight is 353 g/mol. The first-order valence-electron chi connectivity index (χ1n) is 7.10. The van der Waals surface area contributed by atoms with E-state index in [1.165, 1.54) is 0 Å². The van der Waals surface area contributed by atoms with Gasteiger partial charge in [-0.15, -0.1) is 10.2 Å². The Morgan fingerprint density at radius 2 is 2.24 bits per heavy atom. The lowest BCUT2D eigenvalue weighted by Crippen LogP contribution is -2.20. The number of halogens is 1.